The number of aromatic hydroxyl groups is 1. The number of morpholine rings is 1. The Bertz CT molecular complexity index is 1320. The third-order valence-electron chi connectivity index (χ3n) is 7.27. The summed E-state index contributed by atoms with van der Waals surface area (Å²) in [5, 5.41) is 13.6. The van der Waals surface area contributed by atoms with Crippen LogP contribution >= 0.6 is 0 Å². The van der Waals surface area contributed by atoms with Crippen molar-refractivity contribution in [2.24, 2.45) is 0 Å². The highest BCUT2D eigenvalue weighted by atomic mass is 19.1. The SMILES string of the molecule is O=c1[nH]cnc(C[C@@H](CNC2CC(F)C2)c2ccc(C#Cc3ccc(CN4CCOCC4)cc3)cc2)c1O. The van der Waals surface area contributed by atoms with Crippen LogP contribution in [0.2, 0.25) is 0 Å². The molecule has 0 spiro atoms. The van der Waals surface area contributed by atoms with Gasteiger partial charge in [-0.25, -0.2) is 9.37 Å². The molecule has 5 rings (SSSR count). The number of aromatic nitrogens is 2. The number of rotatable bonds is 8. The molecule has 2 aliphatic rings. The van der Waals surface area contributed by atoms with Gasteiger partial charge in [-0.1, -0.05) is 36.1 Å². The topological polar surface area (TPSA) is 90.5 Å². The zero-order valence-electron chi connectivity index (χ0n) is 21.3. The molecule has 3 N–H and O–H groups in total. The molecule has 0 amide bonds. The molecule has 0 radical (unpaired) electrons. The van der Waals surface area contributed by atoms with Crippen LogP contribution in [-0.2, 0) is 17.7 Å². The van der Waals surface area contributed by atoms with Gasteiger partial charge < -0.3 is 20.1 Å². The number of H-pyrrole nitrogens is 1. The molecule has 8 heteroatoms. The average molecular weight is 517 g/mol. The number of hydrogen-bond acceptors (Lipinski definition) is 6. The molecule has 0 bridgehead atoms. The van der Waals surface area contributed by atoms with Crippen LogP contribution in [0.15, 0.2) is 59.7 Å². The number of hydrogen-bond donors (Lipinski definition) is 3. The second-order valence-electron chi connectivity index (χ2n) is 10.1. The summed E-state index contributed by atoms with van der Waals surface area (Å²) in [6.07, 6.45) is 1.99. The predicted octanol–water partition coefficient (Wildman–Crippen LogP) is 3.12. The van der Waals surface area contributed by atoms with Gasteiger partial charge in [0.25, 0.3) is 5.56 Å². The molecule has 198 valence electrons. The van der Waals surface area contributed by atoms with E-state index >= 15 is 0 Å². The zero-order chi connectivity index (χ0) is 26.3. The van der Waals surface area contributed by atoms with E-state index in [4.69, 9.17) is 4.74 Å². The van der Waals surface area contributed by atoms with Crippen LogP contribution in [0.25, 0.3) is 0 Å². The molecule has 2 fully saturated rings. The van der Waals surface area contributed by atoms with Gasteiger partial charge in [-0.15, -0.1) is 0 Å². The van der Waals surface area contributed by atoms with Crippen LogP contribution < -0.4 is 10.9 Å². The highest BCUT2D eigenvalue weighted by molar-refractivity contribution is 5.44. The number of benzene rings is 2. The second-order valence-corrected chi connectivity index (χ2v) is 10.1. The van der Waals surface area contributed by atoms with E-state index in [2.05, 4.69) is 56.3 Å². The Morgan fingerprint density at radius 1 is 1.08 bits per heavy atom. The van der Waals surface area contributed by atoms with Crippen LogP contribution in [0.1, 0.15) is 46.7 Å². The molecule has 1 aliphatic carbocycles. The van der Waals surface area contributed by atoms with E-state index in [0.29, 0.717) is 31.5 Å². The first kappa shape index (κ1) is 26.1. The summed E-state index contributed by atoms with van der Waals surface area (Å²) in [7, 11) is 0. The first-order valence-electron chi connectivity index (χ1n) is 13.2. The van der Waals surface area contributed by atoms with Crippen molar-refractivity contribution in [2.75, 3.05) is 32.8 Å². The van der Waals surface area contributed by atoms with Gasteiger partial charge in [-0.05, 0) is 48.2 Å². The summed E-state index contributed by atoms with van der Waals surface area (Å²) in [6, 6.07) is 16.5. The molecular formula is C30H33FN4O3. The Hall–Kier alpha value is -3.51. The van der Waals surface area contributed by atoms with E-state index in [9.17, 15) is 14.3 Å². The molecule has 0 unspecified atom stereocenters. The van der Waals surface area contributed by atoms with Crippen LogP contribution in [0, 0.1) is 11.8 Å². The third-order valence-corrected chi connectivity index (χ3v) is 7.27. The van der Waals surface area contributed by atoms with Gasteiger partial charge in [0.15, 0.2) is 0 Å². The fourth-order valence-corrected chi connectivity index (χ4v) is 4.84. The maximum absolute atomic E-state index is 13.3. The molecule has 7 nitrogen and oxygen atoms in total. The van der Waals surface area contributed by atoms with E-state index in [0.717, 1.165) is 49.5 Å². The maximum atomic E-state index is 13.3. The molecule has 2 aromatic carbocycles. The fraction of sp³-hybridized carbons (Fsp3) is 0.400. The molecule has 2 heterocycles. The van der Waals surface area contributed by atoms with Crippen molar-refractivity contribution in [3.8, 4) is 17.6 Å². The van der Waals surface area contributed by atoms with Crippen molar-refractivity contribution in [1.82, 2.24) is 20.2 Å². The minimum Gasteiger partial charge on any atom is -0.502 e. The monoisotopic (exact) mass is 516 g/mol. The van der Waals surface area contributed by atoms with Crippen molar-refractivity contribution < 1.29 is 14.2 Å². The summed E-state index contributed by atoms with van der Waals surface area (Å²) in [4.78, 5) is 20.8. The van der Waals surface area contributed by atoms with Crippen molar-refractivity contribution >= 4 is 0 Å². The quantitative estimate of drug-likeness (QED) is 0.399. The first-order chi connectivity index (χ1) is 18.5. The smallest absolute Gasteiger partial charge is 0.293 e. The van der Waals surface area contributed by atoms with Crippen molar-refractivity contribution in [3.63, 3.8) is 0 Å². The molecule has 3 aromatic rings. The zero-order valence-corrected chi connectivity index (χ0v) is 21.3. The normalized spacial score (nSPS) is 20.2. The number of alkyl halides is 1. The summed E-state index contributed by atoms with van der Waals surface area (Å²) in [5.41, 5.74) is 3.96. The minimum atomic E-state index is -0.733. The molecule has 38 heavy (non-hydrogen) atoms. The van der Waals surface area contributed by atoms with Crippen molar-refractivity contribution in [2.45, 2.75) is 43.9 Å². The van der Waals surface area contributed by atoms with Crippen molar-refractivity contribution in [1.29, 1.82) is 0 Å². The predicted molar refractivity (Wildman–Crippen MR) is 144 cm³/mol. The Balaban J connectivity index is 1.24. The largest absolute Gasteiger partial charge is 0.502 e. The lowest BCUT2D eigenvalue weighted by molar-refractivity contribution is 0.0342. The van der Waals surface area contributed by atoms with Crippen LogP contribution in [0.4, 0.5) is 4.39 Å². The average Bonchev–Trinajstić information content (AvgIpc) is 2.92. The van der Waals surface area contributed by atoms with Crippen LogP contribution in [0.5, 0.6) is 5.75 Å². The summed E-state index contributed by atoms with van der Waals surface area (Å²) < 4.78 is 18.7. The first-order valence-corrected chi connectivity index (χ1v) is 13.2. The van der Waals surface area contributed by atoms with Gasteiger partial charge in [0.2, 0.25) is 5.75 Å². The lowest BCUT2D eigenvalue weighted by atomic mass is 9.88. The maximum Gasteiger partial charge on any atom is 0.293 e. The molecule has 1 saturated carbocycles. The Morgan fingerprint density at radius 3 is 2.39 bits per heavy atom. The number of nitrogens with zero attached hydrogens (tertiary/aromatic N) is 2. The highest BCUT2D eigenvalue weighted by Crippen LogP contribution is 2.26. The minimum absolute atomic E-state index is 0.0464. The molecule has 1 aliphatic heterocycles. The van der Waals surface area contributed by atoms with E-state index in [1.807, 2.05) is 24.3 Å². The third kappa shape index (κ3) is 6.87. The number of ether oxygens (including phenoxy) is 1. The number of halogens is 1. The van der Waals surface area contributed by atoms with E-state index < -0.39 is 11.7 Å². The molecule has 1 saturated heterocycles. The second kappa shape index (κ2) is 12.4. The van der Waals surface area contributed by atoms with Crippen LogP contribution in [-0.4, -0.2) is 65.0 Å². The summed E-state index contributed by atoms with van der Waals surface area (Å²) in [6.45, 7) is 5.04. The van der Waals surface area contributed by atoms with Crippen molar-refractivity contribution in [3.05, 3.63) is 93.2 Å². The Labute approximate surface area is 222 Å². The van der Waals surface area contributed by atoms with E-state index in [-0.39, 0.29) is 17.7 Å². The van der Waals surface area contributed by atoms with E-state index in [1.54, 1.807) is 0 Å². The van der Waals surface area contributed by atoms with Gasteiger partial charge in [0.05, 0.1) is 25.2 Å². The molecule has 1 aromatic heterocycles. The lowest BCUT2D eigenvalue weighted by Gasteiger charge is -2.32. The summed E-state index contributed by atoms with van der Waals surface area (Å²) in [5.74, 6) is 6.07. The Morgan fingerprint density at radius 2 is 1.74 bits per heavy atom. The lowest BCUT2D eigenvalue weighted by Crippen LogP contribution is -2.44. The Kier molecular flexibility index (Phi) is 8.49. The molecular weight excluding hydrogens is 483 g/mol. The number of nitrogens with one attached hydrogen (secondary N) is 2. The fourth-order valence-electron chi connectivity index (χ4n) is 4.84. The van der Waals surface area contributed by atoms with Gasteiger partial charge in [-0.3, -0.25) is 9.69 Å². The highest BCUT2D eigenvalue weighted by Gasteiger charge is 2.29. The van der Waals surface area contributed by atoms with Crippen LogP contribution in [0.3, 0.4) is 0 Å². The molecule has 1 atom stereocenters. The summed E-state index contributed by atoms with van der Waals surface area (Å²) >= 11 is 0. The van der Waals surface area contributed by atoms with Gasteiger partial charge >= 0.3 is 0 Å². The van der Waals surface area contributed by atoms with Gasteiger partial charge in [-0.2, -0.15) is 0 Å². The van der Waals surface area contributed by atoms with E-state index in [1.165, 1.54) is 11.9 Å². The van der Waals surface area contributed by atoms with Gasteiger partial charge in [0, 0.05) is 55.7 Å². The standard InChI is InChI=1S/C30H33FN4O3/c31-26-16-27(17-26)32-18-25(15-28-29(36)30(37)34-20-33-28)24-9-7-22(8-10-24)2-1-21-3-5-23(6-4-21)19-35-11-13-38-14-12-35/h3-10,20,25-27,32,36H,11-19H2,(H,33,34,37)/t25-,26?,27?/m0/s1. The number of aromatic amines is 1. The van der Waals surface area contributed by atoms with Gasteiger partial charge in [0.1, 0.15) is 6.17 Å².